The van der Waals surface area contributed by atoms with E-state index in [1.54, 1.807) is 0 Å². The predicted molar refractivity (Wildman–Crippen MR) is 207 cm³/mol. The van der Waals surface area contributed by atoms with Crippen molar-refractivity contribution in [3.05, 3.63) is 84.0 Å². The highest BCUT2D eigenvalue weighted by Crippen LogP contribution is 2.43. The summed E-state index contributed by atoms with van der Waals surface area (Å²) in [5.74, 6) is -2.69. The van der Waals surface area contributed by atoms with E-state index < -0.39 is 56.0 Å². The van der Waals surface area contributed by atoms with Gasteiger partial charge in [0.25, 0.3) is 8.32 Å². The number of fused-ring (bicyclic) bond motifs is 2. The largest absolute Gasteiger partial charge is 0.462 e. The molecule has 1 unspecified atom stereocenters. The first-order chi connectivity index (χ1) is 23.9. The molecule has 2 aromatic rings. The van der Waals surface area contributed by atoms with Crippen LogP contribution in [-0.4, -0.2) is 65.9 Å². The van der Waals surface area contributed by atoms with E-state index in [1.165, 1.54) is 0 Å². The van der Waals surface area contributed by atoms with Crippen molar-refractivity contribution < 1.29 is 34.0 Å². The van der Waals surface area contributed by atoms with Crippen molar-refractivity contribution >= 4 is 24.7 Å². The van der Waals surface area contributed by atoms with E-state index in [9.17, 15) is 20.1 Å². The molecule has 1 fully saturated rings. The van der Waals surface area contributed by atoms with Crippen LogP contribution in [0.3, 0.4) is 0 Å². The third-order valence-corrected chi connectivity index (χ3v) is 16.2. The molecule has 2 aromatic carbocycles. The first-order valence-corrected chi connectivity index (χ1v) is 20.9. The molecular formula is C43H64O7Si. The number of hydrogen-bond acceptors (Lipinski definition) is 7. The SMILES string of the molecule is CCCCC[C@@H]1C/C=C(/C)[C@@H](O)C(C)(C)[C@@H](O)[C@@H](C)/C=C(/C)[C@@H]2C[C@H](O[Si](c3ccccc3)(c3ccccc3)C(C)(C)C)CC(O)(CC(=O)O1)O2. The molecule has 8 heteroatoms. The summed E-state index contributed by atoms with van der Waals surface area (Å²) in [5.41, 5.74) is 0.689. The van der Waals surface area contributed by atoms with Crippen molar-refractivity contribution in [2.45, 2.75) is 155 Å². The zero-order chi connectivity index (χ0) is 37.6. The summed E-state index contributed by atoms with van der Waals surface area (Å²) < 4.78 is 20.1. The maximum absolute atomic E-state index is 13.7. The van der Waals surface area contributed by atoms with Gasteiger partial charge in [0.1, 0.15) is 6.10 Å². The fraction of sp³-hybridized carbons (Fsp3) is 0.605. The van der Waals surface area contributed by atoms with Crippen molar-refractivity contribution in [2.75, 3.05) is 0 Å². The first-order valence-electron chi connectivity index (χ1n) is 19.0. The smallest absolute Gasteiger partial charge is 0.311 e. The van der Waals surface area contributed by atoms with Crippen LogP contribution < -0.4 is 10.4 Å². The van der Waals surface area contributed by atoms with Crippen LogP contribution in [0, 0.1) is 11.3 Å². The Bertz CT molecular complexity index is 1440. The number of carbonyl (C=O) groups is 1. The van der Waals surface area contributed by atoms with Crippen molar-refractivity contribution in [1.82, 2.24) is 0 Å². The van der Waals surface area contributed by atoms with Crippen LogP contribution in [0.2, 0.25) is 5.04 Å². The van der Waals surface area contributed by atoms with Gasteiger partial charge in [0.05, 0.1) is 30.8 Å². The van der Waals surface area contributed by atoms with Gasteiger partial charge in [-0.3, -0.25) is 4.79 Å². The van der Waals surface area contributed by atoms with Crippen LogP contribution in [-0.2, 0) is 18.7 Å². The summed E-state index contributed by atoms with van der Waals surface area (Å²) >= 11 is 0. The number of unbranched alkanes of at least 4 members (excludes halogenated alkanes) is 2. The van der Waals surface area contributed by atoms with Gasteiger partial charge in [0, 0.05) is 30.6 Å². The van der Waals surface area contributed by atoms with E-state index in [0.717, 1.165) is 40.8 Å². The molecule has 4 rings (SSSR count). The quantitative estimate of drug-likeness (QED) is 0.113. The normalized spacial score (nSPS) is 31.9. The van der Waals surface area contributed by atoms with E-state index in [2.05, 4.69) is 76.2 Å². The fourth-order valence-electron chi connectivity index (χ4n) is 8.23. The monoisotopic (exact) mass is 720 g/mol. The second-order valence-corrected chi connectivity index (χ2v) is 21.1. The van der Waals surface area contributed by atoms with Gasteiger partial charge in [-0.1, -0.05) is 134 Å². The number of ether oxygens (including phenoxy) is 2. The van der Waals surface area contributed by atoms with Gasteiger partial charge in [-0.25, -0.2) is 0 Å². The molecule has 1 saturated heterocycles. The Morgan fingerprint density at radius 1 is 0.941 bits per heavy atom. The number of aliphatic hydroxyl groups excluding tert-OH is 2. The van der Waals surface area contributed by atoms with E-state index >= 15 is 0 Å². The topological polar surface area (TPSA) is 105 Å². The number of esters is 1. The Balaban J connectivity index is 1.81. The number of cyclic esters (lactones) is 1. The van der Waals surface area contributed by atoms with Gasteiger partial charge in [-0.15, -0.1) is 0 Å². The molecule has 2 aliphatic rings. The van der Waals surface area contributed by atoms with Crippen LogP contribution in [0.1, 0.15) is 114 Å². The summed E-state index contributed by atoms with van der Waals surface area (Å²) in [4.78, 5) is 13.7. The standard InChI is InChI=1S/C43H64O7Si/c1-10-11-14-19-33-25-24-30(2)39(45)42(8,9)40(46)32(4)26-31(3)37-27-34(28-43(47,49-37)29-38(44)48-33)50-51(41(5,6)7,35-20-15-12-16-21-35)36-22-17-13-18-23-36/h12-13,15-18,20-24,26,32-34,37,39-40,45-47H,10-11,14,19,25,27-29H2,1-9H3/b30-24-,31-26-/t32-,33+,34-,37-,39+,40-,43?/m0/s1. The average Bonchev–Trinajstić information content (AvgIpc) is 3.07. The van der Waals surface area contributed by atoms with Crippen LogP contribution in [0.25, 0.3) is 0 Å². The molecule has 0 saturated carbocycles. The number of aliphatic hydroxyl groups is 3. The molecule has 0 radical (unpaired) electrons. The van der Waals surface area contributed by atoms with Gasteiger partial charge in [0.2, 0.25) is 0 Å². The molecular weight excluding hydrogens is 657 g/mol. The maximum Gasteiger partial charge on any atom is 0.311 e. The van der Waals surface area contributed by atoms with Crippen molar-refractivity contribution in [1.29, 1.82) is 0 Å². The molecule has 0 amide bonds. The van der Waals surface area contributed by atoms with Crippen LogP contribution in [0.15, 0.2) is 84.0 Å². The zero-order valence-corrected chi connectivity index (χ0v) is 33.5. The predicted octanol–water partition coefficient (Wildman–Crippen LogP) is 7.36. The summed E-state index contributed by atoms with van der Waals surface area (Å²) in [5, 5.41) is 37.4. The molecule has 0 aromatic heterocycles. The highest BCUT2D eigenvalue weighted by Gasteiger charge is 2.54. The lowest BCUT2D eigenvalue weighted by molar-refractivity contribution is -0.266. The minimum Gasteiger partial charge on any atom is -0.462 e. The summed E-state index contributed by atoms with van der Waals surface area (Å²) in [6.45, 7) is 18.3. The molecule has 2 aliphatic heterocycles. The molecule has 51 heavy (non-hydrogen) atoms. The first kappa shape index (κ1) is 41.2. The molecule has 2 heterocycles. The van der Waals surface area contributed by atoms with Crippen LogP contribution in [0.4, 0.5) is 0 Å². The molecule has 3 N–H and O–H groups in total. The third kappa shape index (κ3) is 9.70. The Kier molecular flexibility index (Phi) is 13.8. The van der Waals surface area contributed by atoms with Gasteiger partial charge in [0.15, 0.2) is 5.79 Å². The van der Waals surface area contributed by atoms with Gasteiger partial charge >= 0.3 is 5.97 Å². The summed E-state index contributed by atoms with van der Waals surface area (Å²) in [6.07, 6.45) is 4.94. The number of benzene rings is 2. The lowest BCUT2D eigenvalue weighted by atomic mass is 9.73. The van der Waals surface area contributed by atoms with Crippen molar-refractivity contribution in [3.8, 4) is 0 Å². The molecule has 282 valence electrons. The van der Waals surface area contributed by atoms with Crippen molar-refractivity contribution in [3.63, 3.8) is 0 Å². The van der Waals surface area contributed by atoms with Crippen LogP contribution >= 0.6 is 0 Å². The van der Waals surface area contributed by atoms with Gasteiger partial charge in [-0.2, -0.15) is 0 Å². The summed E-state index contributed by atoms with van der Waals surface area (Å²) in [6, 6.07) is 20.8. The maximum atomic E-state index is 13.7. The Hall–Kier alpha value is -2.59. The van der Waals surface area contributed by atoms with E-state index in [0.29, 0.717) is 19.3 Å². The van der Waals surface area contributed by atoms with E-state index in [1.807, 2.05) is 58.9 Å². The molecule has 2 bridgehead atoms. The fourth-order valence-corrected chi connectivity index (χ4v) is 12.9. The number of hydrogen-bond donors (Lipinski definition) is 3. The molecule has 7 nitrogen and oxygen atoms in total. The second-order valence-electron chi connectivity index (χ2n) is 16.8. The zero-order valence-electron chi connectivity index (χ0n) is 32.5. The molecule has 0 aliphatic carbocycles. The molecule has 0 spiro atoms. The lowest BCUT2D eigenvalue weighted by Gasteiger charge is -2.49. The second kappa shape index (κ2) is 17.0. The highest BCUT2D eigenvalue weighted by molar-refractivity contribution is 6.99. The minimum atomic E-state index is -3.02. The average molecular weight is 721 g/mol. The summed E-state index contributed by atoms with van der Waals surface area (Å²) in [7, 11) is -3.02. The Morgan fingerprint density at radius 3 is 2.08 bits per heavy atom. The third-order valence-electron chi connectivity index (χ3n) is 11.1. The van der Waals surface area contributed by atoms with E-state index in [4.69, 9.17) is 13.9 Å². The Morgan fingerprint density at radius 2 is 1.53 bits per heavy atom. The highest BCUT2D eigenvalue weighted by atomic mass is 28.4. The minimum absolute atomic E-state index is 0.104. The van der Waals surface area contributed by atoms with Crippen LogP contribution in [0.5, 0.6) is 0 Å². The molecule has 7 atom stereocenters. The van der Waals surface area contributed by atoms with Crippen molar-refractivity contribution in [2.24, 2.45) is 11.3 Å². The number of carbonyl (C=O) groups excluding carboxylic acids is 1. The van der Waals surface area contributed by atoms with Gasteiger partial charge < -0.3 is 29.2 Å². The number of rotatable bonds is 8. The van der Waals surface area contributed by atoms with E-state index in [-0.39, 0.29) is 23.8 Å². The Labute approximate surface area is 308 Å². The lowest BCUT2D eigenvalue weighted by Crippen LogP contribution is -2.68. The van der Waals surface area contributed by atoms with Gasteiger partial charge in [-0.05, 0) is 53.2 Å².